The van der Waals surface area contributed by atoms with E-state index in [0.29, 0.717) is 35.0 Å². The van der Waals surface area contributed by atoms with E-state index in [0.717, 1.165) is 86.2 Å². The summed E-state index contributed by atoms with van der Waals surface area (Å²) < 4.78 is 11.0. The van der Waals surface area contributed by atoms with Crippen molar-refractivity contribution in [1.29, 1.82) is 0 Å². The van der Waals surface area contributed by atoms with E-state index in [1.165, 1.54) is 36.6 Å². The molecule has 10 heteroatoms. The zero-order valence-corrected chi connectivity index (χ0v) is 28.2. The first-order chi connectivity index (χ1) is 24.0. The van der Waals surface area contributed by atoms with Crippen molar-refractivity contribution in [2.45, 2.75) is 76.0 Å². The van der Waals surface area contributed by atoms with Gasteiger partial charge in [0.25, 0.3) is 5.91 Å². The first-order valence-corrected chi connectivity index (χ1v) is 18.3. The van der Waals surface area contributed by atoms with Crippen molar-refractivity contribution in [3.05, 3.63) is 66.1 Å². The molecule has 2 aliphatic heterocycles. The molecule has 2 saturated heterocycles. The number of fused-ring (bicyclic) bond motifs is 4. The van der Waals surface area contributed by atoms with Gasteiger partial charge in [0.1, 0.15) is 22.9 Å². The fraction of sp³-hybridized carbons (Fsp3) is 0.487. The molecule has 0 radical (unpaired) electrons. The number of piperidine rings is 1. The van der Waals surface area contributed by atoms with Gasteiger partial charge in [0, 0.05) is 73.4 Å². The van der Waals surface area contributed by atoms with E-state index in [9.17, 15) is 4.79 Å². The van der Waals surface area contributed by atoms with Gasteiger partial charge in [-0.2, -0.15) is 0 Å². The Hall–Kier alpha value is -4.44. The van der Waals surface area contributed by atoms with Crippen molar-refractivity contribution in [2.24, 2.45) is 23.5 Å². The van der Waals surface area contributed by atoms with Crippen LogP contribution in [-0.2, 0) is 13.1 Å². The Kier molecular flexibility index (Phi) is 6.80. The van der Waals surface area contributed by atoms with Gasteiger partial charge in [0.15, 0.2) is 5.82 Å². The van der Waals surface area contributed by atoms with Crippen LogP contribution >= 0.6 is 0 Å². The van der Waals surface area contributed by atoms with Crippen LogP contribution in [0.2, 0.25) is 0 Å². The first kappa shape index (κ1) is 29.5. The number of nitrogens with two attached hydrogens (primary N) is 1. The minimum Gasteiger partial charge on any atom is -0.494 e. The number of para-hydroxylation sites is 1. The number of methoxy groups -OCH3 is 1. The van der Waals surface area contributed by atoms with Crippen LogP contribution in [-0.4, -0.2) is 73.7 Å². The van der Waals surface area contributed by atoms with Crippen LogP contribution in [0.5, 0.6) is 5.75 Å². The van der Waals surface area contributed by atoms with Crippen LogP contribution in [0.3, 0.4) is 0 Å². The molecule has 2 aromatic carbocycles. The normalized spacial score (nSPS) is 24.9. The van der Waals surface area contributed by atoms with Gasteiger partial charge < -0.3 is 29.4 Å². The Morgan fingerprint density at radius 1 is 0.918 bits per heavy atom. The summed E-state index contributed by atoms with van der Waals surface area (Å²) in [6.07, 6.45) is 10.0. The van der Waals surface area contributed by atoms with E-state index in [4.69, 9.17) is 20.4 Å². The van der Waals surface area contributed by atoms with Gasteiger partial charge in [-0.05, 0) is 93.0 Å². The Morgan fingerprint density at radius 3 is 2.55 bits per heavy atom. The van der Waals surface area contributed by atoms with Crippen LogP contribution in [0.25, 0.3) is 33.5 Å². The molecule has 3 aromatic heterocycles. The minimum atomic E-state index is 0.0312. The zero-order valence-electron chi connectivity index (χ0n) is 28.2. The third-order valence-electron chi connectivity index (χ3n) is 12.0. The molecule has 3 aliphatic carbocycles. The number of rotatable bonds is 9. The summed E-state index contributed by atoms with van der Waals surface area (Å²) in [4.78, 5) is 33.4. The summed E-state index contributed by atoms with van der Waals surface area (Å²) in [6, 6.07) is 17.2. The van der Waals surface area contributed by atoms with E-state index >= 15 is 0 Å². The number of aromatic nitrogens is 5. The predicted octanol–water partition coefficient (Wildman–Crippen LogP) is 5.83. The molecule has 4 atom stereocenters. The second-order valence-corrected chi connectivity index (χ2v) is 15.3. The molecule has 5 aliphatic rings. The topological polar surface area (TPSA) is 107 Å². The molecule has 1 amide bonds. The number of imidazole rings is 1. The van der Waals surface area contributed by atoms with Gasteiger partial charge in [0.2, 0.25) is 0 Å². The highest BCUT2D eigenvalue weighted by Crippen LogP contribution is 2.42. The molecule has 5 heterocycles. The number of carbonyl (C=O) groups is 1. The lowest BCUT2D eigenvalue weighted by molar-refractivity contribution is 0.0700. The van der Waals surface area contributed by atoms with Gasteiger partial charge >= 0.3 is 0 Å². The number of likely N-dealkylation sites (tertiary alicyclic amines) is 1. The van der Waals surface area contributed by atoms with Crippen molar-refractivity contribution in [1.82, 2.24) is 29.0 Å². The maximum absolute atomic E-state index is 14.0. The number of benzene rings is 2. The predicted molar refractivity (Wildman–Crippen MR) is 190 cm³/mol. The standard InChI is InChI=1S/C39H44N8O2/c1-49-33-18-28(39(48)46-22-27-10-11-31(46)35(27)40)16-29-36(33)47(21-24-13-15-44(19-24)34-12-14-41-37(43-34)25-8-9-25)38(42-29)32-17-26-4-2-3-5-30(26)45(32)20-23-6-7-23/h2-5,12,14,16-18,23-25,27,31,35H,6-11,13,15,19-22,40H2,1H3/t24-,27+,31+,35+/m0/s1. The molecule has 2 N–H and O–H groups in total. The molecule has 5 fully saturated rings. The highest BCUT2D eigenvalue weighted by molar-refractivity contribution is 6.00. The van der Waals surface area contributed by atoms with Gasteiger partial charge in [0.05, 0.1) is 18.3 Å². The highest BCUT2D eigenvalue weighted by Gasteiger charge is 2.47. The van der Waals surface area contributed by atoms with Crippen molar-refractivity contribution < 1.29 is 9.53 Å². The number of nitrogens with zero attached hydrogens (tertiary/aromatic N) is 7. The Balaban J connectivity index is 1.06. The lowest BCUT2D eigenvalue weighted by Gasteiger charge is -2.27. The minimum absolute atomic E-state index is 0.0312. The summed E-state index contributed by atoms with van der Waals surface area (Å²) in [6.45, 7) is 4.40. The fourth-order valence-corrected chi connectivity index (χ4v) is 9.01. The van der Waals surface area contributed by atoms with Gasteiger partial charge in [-0.3, -0.25) is 4.79 Å². The monoisotopic (exact) mass is 656 g/mol. The molecule has 10 nitrogen and oxygen atoms in total. The lowest BCUT2D eigenvalue weighted by Crippen LogP contribution is -2.41. The number of carbonyl (C=O) groups excluding carboxylic acids is 1. The van der Waals surface area contributed by atoms with Crippen molar-refractivity contribution >= 4 is 33.7 Å². The summed E-state index contributed by atoms with van der Waals surface area (Å²) in [5.41, 5.74) is 11.3. The summed E-state index contributed by atoms with van der Waals surface area (Å²) in [5, 5.41) is 1.22. The van der Waals surface area contributed by atoms with Crippen molar-refractivity contribution in [2.75, 3.05) is 31.6 Å². The third-order valence-corrected chi connectivity index (χ3v) is 12.0. The van der Waals surface area contributed by atoms with E-state index < -0.39 is 0 Å². The average Bonchev–Trinajstić information content (AvgIpc) is 3.97. The van der Waals surface area contributed by atoms with Crippen molar-refractivity contribution in [3.63, 3.8) is 0 Å². The second-order valence-electron chi connectivity index (χ2n) is 15.3. The maximum Gasteiger partial charge on any atom is 0.254 e. The summed E-state index contributed by atoms with van der Waals surface area (Å²) in [7, 11) is 1.71. The number of amides is 1. The van der Waals surface area contributed by atoms with Crippen LogP contribution in [0.15, 0.2) is 54.7 Å². The number of ether oxygens (including phenoxy) is 1. The molecule has 10 rings (SSSR count). The highest BCUT2D eigenvalue weighted by atomic mass is 16.5. The molecule has 2 bridgehead atoms. The molecule has 0 unspecified atom stereocenters. The average molecular weight is 657 g/mol. The van der Waals surface area contributed by atoms with Crippen LogP contribution in [0.1, 0.15) is 67.0 Å². The number of hydrogen-bond acceptors (Lipinski definition) is 7. The van der Waals surface area contributed by atoms with E-state index in [1.807, 2.05) is 23.2 Å². The maximum atomic E-state index is 14.0. The zero-order chi connectivity index (χ0) is 32.8. The van der Waals surface area contributed by atoms with Crippen molar-refractivity contribution in [3.8, 4) is 17.3 Å². The Labute approximate surface area is 286 Å². The molecule has 49 heavy (non-hydrogen) atoms. The molecule has 252 valence electrons. The SMILES string of the molecule is COc1cc(C(=O)N2C[C@H]3CC[C@@H]2[C@@H]3N)cc2nc(-c3cc4ccccc4n3CC3CC3)n(C[C@H]3CCN(c4ccnc(C5CC5)n4)C3)c12. The largest absolute Gasteiger partial charge is 0.494 e. The fourth-order valence-electron chi connectivity index (χ4n) is 9.01. The van der Waals surface area contributed by atoms with E-state index in [1.54, 1.807) is 7.11 Å². The smallest absolute Gasteiger partial charge is 0.254 e. The molecule has 0 spiro atoms. The Morgan fingerprint density at radius 2 is 1.78 bits per heavy atom. The van der Waals surface area contributed by atoms with Gasteiger partial charge in [-0.1, -0.05) is 18.2 Å². The number of hydrogen-bond donors (Lipinski definition) is 1. The number of anilines is 1. The molecule has 5 aromatic rings. The lowest BCUT2D eigenvalue weighted by atomic mass is 10.1. The molecule has 3 saturated carbocycles. The summed E-state index contributed by atoms with van der Waals surface area (Å²) >= 11 is 0. The van der Waals surface area contributed by atoms with E-state index in [2.05, 4.69) is 55.4 Å². The van der Waals surface area contributed by atoms with Crippen LogP contribution < -0.4 is 15.4 Å². The Bertz CT molecular complexity index is 2090. The van der Waals surface area contributed by atoms with Crippen LogP contribution in [0, 0.1) is 17.8 Å². The van der Waals surface area contributed by atoms with Gasteiger partial charge in [-0.15, -0.1) is 0 Å². The third kappa shape index (κ3) is 5.01. The molecular formula is C39H44N8O2. The first-order valence-electron chi connectivity index (χ1n) is 18.3. The van der Waals surface area contributed by atoms with E-state index in [-0.39, 0.29) is 18.0 Å². The molecular weight excluding hydrogens is 612 g/mol. The second kappa shape index (κ2) is 11.3. The van der Waals surface area contributed by atoms with Gasteiger partial charge in [-0.25, -0.2) is 15.0 Å². The summed E-state index contributed by atoms with van der Waals surface area (Å²) in [5.74, 6) is 5.71. The van der Waals surface area contributed by atoms with Crippen LogP contribution in [0.4, 0.5) is 5.82 Å². The quantitative estimate of drug-likeness (QED) is 0.213.